The van der Waals surface area contributed by atoms with Crippen LogP contribution in [-0.4, -0.2) is 26.0 Å². The summed E-state index contributed by atoms with van der Waals surface area (Å²) in [7, 11) is -2.83. The summed E-state index contributed by atoms with van der Waals surface area (Å²) < 4.78 is 22.9. The zero-order valence-electron chi connectivity index (χ0n) is 11.7. The van der Waals surface area contributed by atoms with Crippen LogP contribution in [0.2, 0.25) is 0 Å². The molecular weight excluding hydrogens is 248 g/mol. The van der Waals surface area contributed by atoms with Gasteiger partial charge in [0.15, 0.2) is 0 Å². The van der Waals surface area contributed by atoms with Crippen molar-refractivity contribution in [2.75, 3.05) is 11.5 Å². The molecule has 1 aliphatic rings. The first-order valence-corrected chi connectivity index (χ1v) is 8.97. The second-order valence-corrected chi connectivity index (χ2v) is 8.14. The van der Waals surface area contributed by atoms with Gasteiger partial charge in [-0.25, -0.2) is 8.42 Å². The number of rotatable bonds is 7. The van der Waals surface area contributed by atoms with E-state index in [1.54, 1.807) is 6.92 Å². The van der Waals surface area contributed by atoms with Crippen LogP contribution in [0.4, 0.5) is 0 Å². The summed E-state index contributed by atoms with van der Waals surface area (Å²) in [6.07, 6.45) is 6.57. The first-order valence-electron chi connectivity index (χ1n) is 7.15. The average molecular weight is 276 g/mol. The van der Waals surface area contributed by atoms with Gasteiger partial charge in [-0.2, -0.15) is 0 Å². The summed E-state index contributed by atoms with van der Waals surface area (Å²) in [5.41, 5.74) is 2.90. The van der Waals surface area contributed by atoms with Crippen molar-refractivity contribution in [3.05, 3.63) is 0 Å². The van der Waals surface area contributed by atoms with E-state index in [2.05, 4.69) is 12.3 Å². The van der Waals surface area contributed by atoms with Crippen LogP contribution in [0.25, 0.3) is 0 Å². The van der Waals surface area contributed by atoms with Gasteiger partial charge < -0.3 is 0 Å². The van der Waals surface area contributed by atoms with E-state index in [9.17, 15) is 8.42 Å². The lowest BCUT2D eigenvalue weighted by Crippen LogP contribution is -2.42. The van der Waals surface area contributed by atoms with E-state index in [-0.39, 0.29) is 11.8 Å². The van der Waals surface area contributed by atoms with Crippen LogP contribution in [0.3, 0.4) is 0 Å². The van der Waals surface area contributed by atoms with Crippen LogP contribution in [-0.2, 0) is 9.84 Å². The number of hydrazine groups is 1. The molecule has 1 saturated carbocycles. The molecule has 0 aromatic heterocycles. The number of sulfone groups is 1. The Bertz CT molecular complexity index is 322. The van der Waals surface area contributed by atoms with E-state index < -0.39 is 9.84 Å². The first-order chi connectivity index (χ1) is 8.48. The van der Waals surface area contributed by atoms with Crippen molar-refractivity contribution in [1.29, 1.82) is 0 Å². The molecular formula is C13H28N2O2S. The Hall–Kier alpha value is -0.130. The zero-order valence-corrected chi connectivity index (χ0v) is 12.5. The lowest BCUT2D eigenvalue weighted by atomic mass is 9.78. The maximum Gasteiger partial charge on any atom is 0.150 e. The highest BCUT2D eigenvalue weighted by Gasteiger charge is 2.25. The minimum atomic E-state index is -2.83. The fraction of sp³-hybridized carbons (Fsp3) is 1.00. The Labute approximate surface area is 112 Å². The van der Waals surface area contributed by atoms with Gasteiger partial charge in [-0.05, 0) is 37.5 Å². The number of nitrogens with two attached hydrogens (primary N) is 1. The Balaban J connectivity index is 2.34. The molecule has 0 amide bonds. The van der Waals surface area contributed by atoms with Crippen molar-refractivity contribution in [1.82, 2.24) is 5.43 Å². The second kappa shape index (κ2) is 7.46. The van der Waals surface area contributed by atoms with Gasteiger partial charge in [-0.1, -0.05) is 26.7 Å². The van der Waals surface area contributed by atoms with Gasteiger partial charge in [-0.15, -0.1) is 0 Å². The highest BCUT2D eigenvalue weighted by atomic mass is 32.2. The summed E-state index contributed by atoms with van der Waals surface area (Å²) >= 11 is 0. The topological polar surface area (TPSA) is 72.2 Å². The molecule has 108 valence electrons. The van der Waals surface area contributed by atoms with Crippen LogP contribution in [0.15, 0.2) is 0 Å². The maximum absolute atomic E-state index is 11.4. The van der Waals surface area contributed by atoms with Crippen LogP contribution in [0.5, 0.6) is 0 Å². The maximum atomic E-state index is 11.4. The molecule has 3 N–H and O–H groups in total. The van der Waals surface area contributed by atoms with Gasteiger partial charge >= 0.3 is 0 Å². The van der Waals surface area contributed by atoms with E-state index in [1.807, 2.05) is 0 Å². The molecule has 1 atom stereocenters. The van der Waals surface area contributed by atoms with E-state index in [0.29, 0.717) is 11.7 Å². The summed E-state index contributed by atoms with van der Waals surface area (Å²) in [5.74, 6) is 7.62. The van der Waals surface area contributed by atoms with Crippen molar-refractivity contribution in [3.8, 4) is 0 Å². The summed E-state index contributed by atoms with van der Waals surface area (Å²) in [5, 5.41) is 0. The molecule has 0 aromatic carbocycles. The molecule has 0 heterocycles. The monoisotopic (exact) mass is 276 g/mol. The molecule has 18 heavy (non-hydrogen) atoms. The average Bonchev–Trinajstić information content (AvgIpc) is 2.36. The van der Waals surface area contributed by atoms with Gasteiger partial charge in [0.1, 0.15) is 9.84 Å². The largest absolute Gasteiger partial charge is 0.271 e. The highest BCUT2D eigenvalue weighted by Crippen LogP contribution is 2.31. The van der Waals surface area contributed by atoms with Crippen LogP contribution in [0, 0.1) is 11.8 Å². The second-order valence-electron chi connectivity index (χ2n) is 5.67. The third kappa shape index (κ3) is 5.24. The summed E-state index contributed by atoms with van der Waals surface area (Å²) in [6.45, 7) is 4.01. The molecule has 0 radical (unpaired) electrons. The quantitative estimate of drug-likeness (QED) is 0.550. The van der Waals surface area contributed by atoms with Crippen LogP contribution >= 0.6 is 0 Å². The van der Waals surface area contributed by atoms with Crippen molar-refractivity contribution in [2.24, 2.45) is 17.7 Å². The van der Waals surface area contributed by atoms with Crippen LogP contribution in [0.1, 0.15) is 52.4 Å². The number of hydrogen-bond acceptors (Lipinski definition) is 4. The summed E-state index contributed by atoms with van der Waals surface area (Å²) in [6, 6.07) is 0.282. The van der Waals surface area contributed by atoms with E-state index in [0.717, 1.165) is 18.8 Å². The van der Waals surface area contributed by atoms with E-state index >= 15 is 0 Å². The highest BCUT2D eigenvalue weighted by molar-refractivity contribution is 7.91. The van der Waals surface area contributed by atoms with E-state index in [1.165, 1.54) is 25.7 Å². The van der Waals surface area contributed by atoms with E-state index in [4.69, 9.17) is 5.84 Å². The van der Waals surface area contributed by atoms with Crippen molar-refractivity contribution in [3.63, 3.8) is 0 Å². The number of hydrogen-bond donors (Lipinski definition) is 2. The standard InChI is InChI=1S/C13H28N2O2S/c1-3-18(16,17)10-4-5-13(15-14)12-8-6-11(2)7-9-12/h11-13,15H,3-10,14H2,1-2H3. The molecule has 4 nitrogen and oxygen atoms in total. The van der Waals surface area contributed by atoms with Gasteiger partial charge in [0.2, 0.25) is 0 Å². The minimum Gasteiger partial charge on any atom is -0.271 e. The SMILES string of the molecule is CCS(=O)(=O)CCCC(NN)C1CCC(C)CC1. The molecule has 0 aliphatic heterocycles. The Morgan fingerprint density at radius 3 is 2.39 bits per heavy atom. The third-order valence-corrected chi connectivity index (χ3v) is 6.04. The van der Waals surface area contributed by atoms with Gasteiger partial charge in [0.05, 0.1) is 5.75 Å². The first kappa shape index (κ1) is 15.9. The molecule has 0 aromatic rings. The van der Waals surface area contributed by atoms with Crippen molar-refractivity contribution < 1.29 is 8.42 Å². The Morgan fingerprint density at radius 1 is 1.28 bits per heavy atom. The Morgan fingerprint density at radius 2 is 1.89 bits per heavy atom. The summed E-state index contributed by atoms with van der Waals surface area (Å²) in [4.78, 5) is 0. The van der Waals surface area contributed by atoms with Gasteiger partial charge in [0, 0.05) is 11.8 Å². The third-order valence-electron chi connectivity index (χ3n) is 4.25. The number of nitrogens with one attached hydrogen (secondary N) is 1. The fourth-order valence-electron chi connectivity index (χ4n) is 2.81. The lowest BCUT2D eigenvalue weighted by Gasteiger charge is -2.32. The minimum absolute atomic E-state index is 0.245. The lowest BCUT2D eigenvalue weighted by molar-refractivity contribution is 0.222. The predicted molar refractivity (Wildman–Crippen MR) is 75.8 cm³/mol. The molecule has 1 unspecified atom stereocenters. The van der Waals surface area contributed by atoms with Gasteiger partial charge in [-0.3, -0.25) is 11.3 Å². The molecule has 1 fully saturated rings. The van der Waals surface area contributed by atoms with Crippen molar-refractivity contribution >= 4 is 9.84 Å². The molecule has 1 aliphatic carbocycles. The Kier molecular flexibility index (Phi) is 6.60. The van der Waals surface area contributed by atoms with Gasteiger partial charge in [0.25, 0.3) is 0 Å². The smallest absolute Gasteiger partial charge is 0.150 e. The normalized spacial score (nSPS) is 27.1. The fourth-order valence-corrected chi connectivity index (χ4v) is 3.71. The van der Waals surface area contributed by atoms with Crippen LogP contribution < -0.4 is 11.3 Å². The zero-order chi connectivity index (χ0) is 13.6. The molecule has 5 heteroatoms. The molecule has 1 rings (SSSR count). The molecule has 0 bridgehead atoms. The predicted octanol–water partition coefficient (Wildman–Crippen LogP) is 1.86. The molecule has 0 spiro atoms. The molecule has 0 saturated heterocycles. The van der Waals surface area contributed by atoms with Crippen molar-refractivity contribution in [2.45, 2.75) is 58.4 Å².